The fourth-order valence-electron chi connectivity index (χ4n) is 3.53. The van der Waals surface area contributed by atoms with E-state index in [9.17, 15) is 24.5 Å². The first-order valence-corrected chi connectivity index (χ1v) is 8.96. The van der Waals surface area contributed by atoms with Crippen LogP contribution in [-0.2, 0) is 11.8 Å². The minimum atomic E-state index is -1.19. The molecule has 1 aliphatic heterocycles. The zero-order chi connectivity index (χ0) is 21.7. The molecule has 0 fully saturated rings. The van der Waals surface area contributed by atoms with Gasteiger partial charge in [-0.05, 0) is 26.0 Å². The summed E-state index contributed by atoms with van der Waals surface area (Å²) in [6.07, 6.45) is 1.45. The molecule has 1 unspecified atom stereocenters. The van der Waals surface area contributed by atoms with E-state index in [0.29, 0.717) is 11.3 Å². The van der Waals surface area contributed by atoms with E-state index in [-0.39, 0.29) is 11.1 Å². The number of nitrogens with zero attached hydrogens (tertiary/aromatic N) is 5. The van der Waals surface area contributed by atoms with Crippen molar-refractivity contribution in [3.8, 4) is 0 Å². The molecule has 30 heavy (non-hydrogen) atoms. The molecule has 11 nitrogen and oxygen atoms in total. The normalized spacial score (nSPS) is 14.2. The number of hydrogen-bond acceptors (Lipinski definition) is 7. The lowest BCUT2D eigenvalue weighted by Gasteiger charge is -2.21. The van der Waals surface area contributed by atoms with Gasteiger partial charge in [0.1, 0.15) is 11.6 Å². The van der Waals surface area contributed by atoms with Crippen LogP contribution in [0.15, 0.2) is 30.5 Å². The Morgan fingerprint density at radius 1 is 1.27 bits per heavy atom. The number of imide groups is 1. The molecule has 1 atom stereocenters. The highest BCUT2D eigenvalue weighted by atomic mass is 16.6. The zero-order valence-electron chi connectivity index (χ0n) is 16.2. The Kier molecular flexibility index (Phi) is 4.30. The SMILES string of the molecule is Cc1nn(C)c2ncc(NC(=O)C(C)N3C(=O)c4cccc([N+](=O)[O-])c4C3=O)cc12. The van der Waals surface area contributed by atoms with Crippen LogP contribution in [0.25, 0.3) is 11.0 Å². The molecule has 152 valence electrons. The summed E-state index contributed by atoms with van der Waals surface area (Å²) in [6.45, 7) is 3.19. The average molecular weight is 408 g/mol. The van der Waals surface area contributed by atoms with Gasteiger partial charge in [0.15, 0.2) is 5.65 Å². The summed E-state index contributed by atoms with van der Waals surface area (Å²) in [5.41, 5.74) is 0.882. The molecular weight excluding hydrogens is 392 g/mol. The van der Waals surface area contributed by atoms with Gasteiger partial charge < -0.3 is 5.32 Å². The zero-order valence-corrected chi connectivity index (χ0v) is 16.2. The van der Waals surface area contributed by atoms with E-state index in [1.807, 2.05) is 6.92 Å². The number of nitrogens with one attached hydrogen (secondary N) is 1. The summed E-state index contributed by atoms with van der Waals surface area (Å²) in [6, 6.07) is 4.31. The third-order valence-electron chi connectivity index (χ3n) is 5.02. The minimum absolute atomic E-state index is 0.0945. The monoisotopic (exact) mass is 408 g/mol. The van der Waals surface area contributed by atoms with Crippen molar-refractivity contribution in [2.45, 2.75) is 19.9 Å². The number of nitro groups is 1. The molecule has 0 saturated heterocycles. The lowest BCUT2D eigenvalue weighted by atomic mass is 10.1. The molecule has 0 saturated carbocycles. The Labute approximate surface area is 169 Å². The first kappa shape index (κ1) is 19.2. The lowest BCUT2D eigenvalue weighted by Crippen LogP contribution is -2.45. The van der Waals surface area contributed by atoms with Gasteiger partial charge in [-0.1, -0.05) is 6.07 Å². The number of anilines is 1. The molecule has 0 aliphatic carbocycles. The second-order valence-corrected chi connectivity index (χ2v) is 6.91. The standard InChI is InChI=1S/C19H16N6O5/c1-9-13-7-11(8-20-16(13)23(3)22-9)21-17(26)10(2)24-18(27)12-5-4-6-14(25(29)30)15(12)19(24)28/h4-8,10H,1-3H3,(H,21,26). The van der Waals surface area contributed by atoms with Crippen molar-refractivity contribution in [1.29, 1.82) is 0 Å². The number of amides is 3. The summed E-state index contributed by atoms with van der Waals surface area (Å²) in [5, 5.41) is 18.9. The Bertz CT molecular complexity index is 1260. The summed E-state index contributed by atoms with van der Waals surface area (Å²) < 4.78 is 1.62. The molecule has 0 spiro atoms. The van der Waals surface area contributed by atoms with Crippen LogP contribution in [-0.4, -0.2) is 48.4 Å². The van der Waals surface area contributed by atoms with Crippen LogP contribution >= 0.6 is 0 Å². The molecule has 1 N–H and O–H groups in total. The van der Waals surface area contributed by atoms with Crippen molar-refractivity contribution in [2.75, 3.05) is 5.32 Å². The van der Waals surface area contributed by atoms with E-state index in [1.54, 1.807) is 17.8 Å². The number of benzene rings is 1. The maximum Gasteiger partial charge on any atom is 0.282 e. The number of rotatable bonds is 4. The molecule has 4 rings (SSSR count). The van der Waals surface area contributed by atoms with E-state index in [4.69, 9.17) is 0 Å². The van der Waals surface area contributed by atoms with Crippen LogP contribution in [0.2, 0.25) is 0 Å². The third-order valence-corrected chi connectivity index (χ3v) is 5.02. The van der Waals surface area contributed by atoms with Crippen molar-refractivity contribution >= 4 is 40.1 Å². The highest BCUT2D eigenvalue weighted by molar-refractivity contribution is 6.24. The van der Waals surface area contributed by atoms with E-state index in [0.717, 1.165) is 22.0 Å². The van der Waals surface area contributed by atoms with E-state index < -0.39 is 34.4 Å². The highest BCUT2D eigenvalue weighted by Gasteiger charge is 2.44. The Morgan fingerprint density at radius 3 is 2.70 bits per heavy atom. The maximum absolute atomic E-state index is 12.8. The molecule has 2 aromatic heterocycles. The van der Waals surface area contributed by atoms with Crippen LogP contribution in [0.1, 0.15) is 33.3 Å². The Balaban J connectivity index is 1.61. The van der Waals surface area contributed by atoms with Crippen LogP contribution in [0, 0.1) is 17.0 Å². The molecular formula is C19H16N6O5. The second kappa shape index (κ2) is 6.72. The minimum Gasteiger partial charge on any atom is -0.323 e. The number of carbonyl (C=O) groups excluding carboxylic acids is 3. The summed E-state index contributed by atoms with van der Waals surface area (Å²) >= 11 is 0. The van der Waals surface area contributed by atoms with Gasteiger partial charge in [-0.2, -0.15) is 5.10 Å². The van der Waals surface area contributed by atoms with Crippen LogP contribution in [0.5, 0.6) is 0 Å². The molecule has 3 amide bonds. The Hall–Kier alpha value is -4.15. The number of pyridine rings is 1. The molecule has 11 heteroatoms. The second-order valence-electron chi connectivity index (χ2n) is 6.91. The predicted molar refractivity (Wildman–Crippen MR) is 105 cm³/mol. The number of fused-ring (bicyclic) bond motifs is 2. The molecule has 1 aliphatic rings. The number of aryl methyl sites for hydroxylation is 2. The average Bonchev–Trinajstić information content (AvgIpc) is 3.14. The van der Waals surface area contributed by atoms with Gasteiger partial charge in [-0.15, -0.1) is 0 Å². The third kappa shape index (κ3) is 2.79. The Morgan fingerprint density at radius 2 is 2.00 bits per heavy atom. The van der Waals surface area contributed by atoms with E-state index in [2.05, 4.69) is 15.4 Å². The lowest BCUT2D eigenvalue weighted by molar-refractivity contribution is -0.385. The highest BCUT2D eigenvalue weighted by Crippen LogP contribution is 2.32. The fraction of sp³-hybridized carbons (Fsp3) is 0.211. The van der Waals surface area contributed by atoms with Crippen molar-refractivity contribution in [2.24, 2.45) is 7.05 Å². The summed E-state index contributed by atoms with van der Waals surface area (Å²) in [5.74, 6) is -2.26. The first-order chi connectivity index (χ1) is 14.2. The van der Waals surface area contributed by atoms with Crippen molar-refractivity contribution < 1.29 is 19.3 Å². The maximum atomic E-state index is 12.8. The van der Waals surface area contributed by atoms with Crippen molar-refractivity contribution in [3.05, 3.63) is 57.4 Å². The van der Waals surface area contributed by atoms with Gasteiger partial charge in [0.05, 0.1) is 28.1 Å². The smallest absolute Gasteiger partial charge is 0.282 e. The van der Waals surface area contributed by atoms with E-state index >= 15 is 0 Å². The van der Waals surface area contributed by atoms with Gasteiger partial charge in [-0.25, -0.2) is 4.98 Å². The fourth-order valence-corrected chi connectivity index (χ4v) is 3.53. The van der Waals surface area contributed by atoms with E-state index in [1.165, 1.54) is 25.3 Å². The number of nitro benzene ring substituents is 1. The number of hydrogen-bond donors (Lipinski definition) is 1. The number of carbonyl (C=O) groups is 3. The quantitative estimate of drug-likeness (QED) is 0.394. The van der Waals surface area contributed by atoms with Crippen molar-refractivity contribution in [1.82, 2.24) is 19.7 Å². The van der Waals surface area contributed by atoms with Crippen LogP contribution in [0.4, 0.5) is 11.4 Å². The van der Waals surface area contributed by atoms with Gasteiger partial charge >= 0.3 is 0 Å². The van der Waals surface area contributed by atoms with Crippen LogP contribution in [0.3, 0.4) is 0 Å². The van der Waals surface area contributed by atoms with Gasteiger partial charge in [0, 0.05) is 18.5 Å². The molecule has 0 radical (unpaired) electrons. The molecule has 3 heterocycles. The molecule has 0 bridgehead atoms. The molecule has 3 aromatic rings. The number of aromatic nitrogens is 3. The first-order valence-electron chi connectivity index (χ1n) is 8.96. The molecule has 1 aromatic carbocycles. The topological polar surface area (TPSA) is 140 Å². The predicted octanol–water partition coefficient (Wildman–Crippen LogP) is 1.81. The van der Waals surface area contributed by atoms with Gasteiger partial charge in [-0.3, -0.25) is 34.1 Å². The van der Waals surface area contributed by atoms with Crippen LogP contribution < -0.4 is 5.32 Å². The van der Waals surface area contributed by atoms with Gasteiger partial charge in [0.2, 0.25) is 5.91 Å². The summed E-state index contributed by atoms with van der Waals surface area (Å²) in [7, 11) is 1.75. The van der Waals surface area contributed by atoms with Crippen molar-refractivity contribution in [3.63, 3.8) is 0 Å². The summed E-state index contributed by atoms with van der Waals surface area (Å²) in [4.78, 5) is 53.7. The van der Waals surface area contributed by atoms with Gasteiger partial charge in [0.25, 0.3) is 17.5 Å². The largest absolute Gasteiger partial charge is 0.323 e.